The third-order valence-electron chi connectivity index (χ3n) is 8.33. The lowest BCUT2D eigenvalue weighted by Crippen LogP contribution is -2.14. The lowest BCUT2D eigenvalue weighted by Gasteiger charge is -2.20. The highest BCUT2D eigenvalue weighted by molar-refractivity contribution is 5.95. The summed E-state index contributed by atoms with van der Waals surface area (Å²) in [7, 11) is 0. The number of ether oxygens (including phenoxy) is 1. The number of hydrazone groups is 1. The molecule has 0 bridgehead atoms. The van der Waals surface area contributed by atoms with E-state index in [0.29, 0.717) is 11.8 Å². The quantitative estimate of drug-likeness (QED) is 0.227. The summed E-state index contributed by atoms with van der Waals surface area (Å²) in [6.07, 6.45) is 7.47. The molecule has 0 amide bonds. The molecule has 2 heterocycles. The highest BCUT2D eigenvalue weighted by Crippen LogP contribution is 2.33. The highest BCUT2D eigenvalue weighted by Gasteiger charge is 2.23. The Labute approximate surface area is 259 Å². The van der Waals surface area contributed by atoms with E-state index in [0.717, 1.165) is 62.2 Å². The van der Waals surface area contributed by atoms with Gasteiger partial charge in [0.1, 0.15) is 0 Å². The van der Waals surface area contributed by atoms with Crippen molar-refractivity contribution in [3.63, 3.8) is 0 Å². The van der Waals surface area contributed by atoms with Gasteiger partial charge in [0.15, 0.2) is 0 Å². The molecule has 2 unspecified atom stereocenters. The van der Waals surface area contributed by atoms with Crippen LogP contribution in [0.2, 0.25) is 0 Å². The Kier molecular flexibility index (Phi) is 7.09. The van der Waals surface area contributed by atoms with Crippen LogP contribution in [0.25, 0.3) is 39.0 Å². The number of hydrogen-bond donors (Lipinski definition) is 1. The van der Waals surface area contributed by atoms with E-state index < -0.39 is 0 Å². The van der Waals surface area contributed by atoms with Gasteiger partial charge in [0, 0.05) is 16.7 Å². The van der Waals surface area contributed by atoms with Gasteiger partial charge in [0.25, 0.3) is 0 Å². The van der Waals surface area contributed by atoms with E-state index in [4.69, 9.17) is 14.7 Å². The van der Waals surface area contributed by atoms with Crippen molar-refractivity contribution in [2.45, 2.75) is 45.8 Å². The molecule has 0 saturated heterocycles. The molecule has 0 spiro atoms. The maximum Gasteiger partial charge on any atom is 0.240 e. The van der Waals surface area contributed by atoms with Crippen molar-refractivity contribution in [3.8, 4) is 22.4 Å². The van der Waals surface area contributed by atoms with Crippen LogP contribution >= 0.6 is 0 Å². The Hall–Kier alpha value is -5.03. The third kappa shape index (κ3) is 5.53. The van der Waals surface area contributed by atoms with Crippen LogP contribution in [-0.4, -0.2) is 15.9 Å². The summed E-state index contributed by atoms with van der Waals surface area (Å²) >= 11 is 0. The molecule has 44 heavy (non-hydrogen) atoms. The molecule has 2 atom stereocenters. The first-order valence-electron chi connectivity index (χ1n) is 15.3. The molecule has 7 rings (SSSR count). The highest BCUT2D eigenvalue weighted by atomic mass is 16.5. The number of allylic oxidation sites excluding steroid dienone is 4. The lowest BCUT2D eigenvalue weighted by atomic mass is 9.86. The smallest absolute Gasteiger partial charge is 0.240 e. The summed E-state index contributed by atoms with van der Waals surface area (Å²) < 4.78 is 6.18. The zero-order valence-electron chi connectivity index (χ0n) is 25.6. The van der Waals surface area contributed by atoms with Gasteiger partial charge in [-0.2, -0.15) is 0 Å². The number of rotatable bonds is 5. The van der Waals surface area contributed by atoms with Crippen molar-refractivity contribution in [1.82, 2.24) is 15.4 Å². The number of hydrogen-bond acceptors (Lipinski definition) is 5. The first-order valence-corrected chi connectivity index (χ1v) is 15.3. The monoisotopic (exact) mass is 576 g/mol. The Bertz CT molecular complexity index is 1910. The summed E-state index contributed by atoms with van der Waals surface area (Å²) in [4.78, 5) is 10.1. The van der Waals surface area contributed by atoms with Gasteiger partial charge < -0.3 is 4.74 Å². The fourth-order valence-electron chi connectivity index (χ4n) is 5.74. The van der Waals surface area contributed by atoms with E-state index in [-0.39, 0.29) is 11.6 Å². The number of fused-ring (bicyclic) bond motifs is 1. The molecule has 1 N–H and O–H groups in total. The van der Waals surface area contributed by atoms with Crippen LogP contribution in [0.3, 0.4) is 0 Å². The Balaban J connectivity index is 1.10. The fourth-order valence-corrected chi connectivity index (χ4v) is 5.74. The van der Waals surface area contributed by atoms with Gasteiger partial charge in [-0.05, 0) is 64.3 Å². The van der Waals surface area contributed by atoms with Crippen molar-refractivity contribution in [1.29, 1.82) is 0 Å². The Morgan fingerprint density at radius 2 is 1.30 bits per heavy atom. The summed E-state index contributed by atoms with van der Waals surface area (Å²) in [5.41, 5.74) is 14.6. The molecular weight excluding hydrogens is 540 g/mol. The van der Waals surface area contributed by atoms with Crippen LogP contribution in [-0.2, 0) is 10.2 Å². The zero-order chi connectivity index (χ0) is 30.3. The average Bonchev–Trinajstić information content (AvgIpc) is 3.55. The number of benzene rings is 4. The van der Waals surface area contributed by atoms with Crippen molar-refractivity contribution in [3.05, 3.63) is 138 Å². The minimum Gasteiger partial charge on any atom is -0.446 e. The number of nitrogens with zero attached hydrogens (tertiary/aromatic N) is 3. The molecule has 0 fully saturated rings. The maximum absolute atomic E-state index is 6.18. The van der Waals surface area contributed by atoms with Crippen LogP contribution < -0.4 is 5.43 Å². The molecule has 5 heteroatoms. The first-order chi connectivity index (χ1) is 21.3. The largest absolute Gasteiger partial charge is 0.446 e. The molecule has 5 aromatic rings. The standard InChI is InChI=1S/C39H36N4O/c1-25-8-7-9-31(24-25)36-35(40-33-10-5-6-11-34(33)41-36)28-16-12-26(13-17-28)27-14-18-29(19-15-27)37-42-43-38(44-37)30-20-22-32(23-21-30)39(2,3)4/h5-7,9-25,38,43H,8H2,1-4H3. The van der Waals surface area contributed by atoms with Gasteiger partial charge >= 0.3 is 0 Å². The summed E-state index contributed by atoms with van der Waals surface area (Å²) in [5.74, 6) is 1.07. The minimum atomic E-state index is -0.294. The Morgan fingerprint density at radius 3 is 1.91 bits per heavy atom. The molecule has 0 radical (unpaired) electrons. The predicted molar refractivity (Wildman–Crippen MR) is 180 cm³/mol. The SMILES string of the molecule is CC1C=C(c2nc3ccccc3nc2-c2ccc(-c3ccc(C4=NNC(c5ccc(C(C)(C)C)cc5)O4)cc3)cc2)C=CC1. The van der Waals surface area contributed by atoms with Gasteiger partial charge in [-0.25, -0.2) is 9.97 Å². The van der Waals surface area contributed by atoms with Crippen molar-refractivity contribution in [2.24, 2.45) is 11.0 Å². The average molecular weight is 577 g/mol. The second-order valence-corrected chi connectivity index (χ2v) is 12.7. The Morgan fingerprint density at radius 1 is 0.705 bits per heavy atom. The molecule has 5 nitrogen and oxygen atoms in total. The molecule has 1 aliphatic heterocycles. The molecule has 1 aromatic heterocycles. The van der Waals surface area contributed by atoms with Crippen molar-refractivity contribution < 1.29 is 4.74 Å². The van der Waals surface area contributed by atoms with Crippen LogP contribution in [0.5, 0.6) is 0 Å². The fraction of sp³-hybridized carbons (Fsp3) is 0.205. The van der Waals surface area contributed by atoms with Crippen LogP contribution in [0.1, 0.15) is 62.7 Å². The topological polar surface area (TPSA) is 59.4 Å². The van der Waals surface area contributed by atoms with Crippen LogP contribution in [0.15, 0.2) is 120 Å². The number of para-hydroxylation sites is 2. The summed E-state index contributed by atoms with van der Waals surface area (Å²) in [5, 5.41) is 4.48. The minimum absolute atomic E-state index is 0.114. The van der Waals surface area contributed by atoms with E-state index in [9.17, 15) is 0 Å². The van der Waals surface area contributed by atoms with Gasteiger partial charge in [0.05, 0.1) is 22.4 Å². The molecular formula is C39H36N4O. The van der Waals surface area contributed by atoms with Gasteiger partial charge in [0.2, 0.25) is 12.1 Å². The zero-order valence-corrected chi connectivity index (χ0v) is 25.6. The van der Waals surface area contributed by atoms with E-state index in [2.05, 4.69) is 129 Å². The van der Waals surface area contributed by atoms with Crippen molar-refractivity contribution in [2.75, 3.05) is 0 Å². The van der Waals surface area contributed by atoms with E-state index in [1.165, 1.54) is 5.56 Å². The second-order valence-electron chi connectivity index (χ2n) is 12.7. The van der Waals surface area contributed by atoms with E-state index >= 15 is 0 Å². The maximum atomic E-state index is 6.18. The van der Waals surface area contributed by atoms with Crippen LogP contribution in [0, 0.1) is 5.92 Å². The molecule has 1 aliphatic carbocycles. The molecule has 218 valence electrons. The lowest BCUT2D eigenvalue weighted by molar-refractivity contribution is 0.191. The van der Waals surface area contributed by atoms with Gasteiger partial charge in [-0.3, -0.25) is 5.43 Å². The van der Waals surface area contributed by atoms with Crippen LogP contribution in [0.4, 0.5) is 0 Å². The van der Waals surface area contributed by atoms with E-state index in [1.54, 1.807) is 0 Å². The van der Waals surface area contributed by atoms with Gasteiger partial charge in [-0.15, -0.1) is 5.10 Å². The first kappa shape index (κ1) is 27.8. The molecule has 4 aromatic carbocycles. The number of aromatic nitrogens is 2. The molecule has 0 saturated carbocycles. The number of nitrogens with one attached hydrogen (secondary N) is 1. The van der Waals surface area contributed by atoms with E-state index in [1.807, 2.05) is 24.3 Å². The summed E-state index contributed by atoms with van der Waals surface area (Å²) in [6, 6.07) is 33.6. The molecule has 2 aliphatic rings. The third-order valence-corrected chi connectivity index (χ3v) is 8.33. The second kappa shape index (κ2) is 11.2. The predicted octanol–water partition coefficient (Wildman–Crippen LogP) is 9.22. The summed E-state index contributed by atoms with van der Waals surface area (Å²) in [6.45, 7) is 8.89. The van der Waals surface area contributed by atoms with Crippen molar-refractivity contribution >= 4 is 22.5 Å². The van der Waals surface area contributed by atoms with Gasteiger partial charge in [-0.1, -0.05) is 119 Å². The normalized spacial score (nSPS) is 18.0.